The standard InChI is InChI=1S/C19H26N4O/c1-12-10-13(2)23(22-12)18-8-5-15(6-9-18)14(3)21-19(24)16-4-7-17(20)11-16/h5-6,8-10,14,16-17H,4,7,11,20H2,1-3H3,(H,21,24). The average molecular weight is 326 g/mol. The van der Waals surface area contributed by atoms with Crippen molar-refractivity contribution in [3.63, 3.8) is 0 Å². The molecule has 1 heterocycles. The molecule has 2 aromatic rings. The maximum absolute atomic E-state index is 12.3. The molecule has 128 valence electrons. The van der Waals surface area contributed by atoms with Crippen molar-refractivity contribution >= 4 is 5.91 Å². The Morgan fingerprint density at radius 2 is 2.00 bits per heavy atom. The van der Waals surface area contributed by atoms with Crippen LogP contribution in [0.2, 0.25) is 0 Å². The number of aromatic nitrogens is 2. The van der Waals surface area contributed by atoms with E-state index in [-0.39, 0.29) is 23.9 Å². The van der Waals surface area contributed by atoms with E-state index in [1.54, 1.807) is 0 Å². The van der Waals surface area contributed by atoms with E-state index in [4.69, 9.17) is 5.73 Å². The molecule has 3 rings (SSSR count). The molecule has 1 saturated carbocycles. The predicted octanol–water partition coefficient (Wildman–Crippen LogP) is 2.79. The van der Waals surface area contributed by atoms with Gasteiger partial charge in [0.05, 0.1) is 17.4 Å². The summed E-state index contributed by atoms with van der Waals surface area (Å²) < 4.78 is 1.93. The Morgan fingerprint density at radius 3 is 2.54 bits per heavy atom. The van der Waals surface area contributed by atoms with Gasteiger partial charge < -0.3 is 11.1 Å². The minimum absolute atomic E-state index is 0.0103. The first-order chi connectivity index (χ1) is 11.4. The molecule has 0 aliphatic heterocycles. The van der Waals surface area contributed by atoms with Gasteiger partial charge in [-0.3, -0.25) is 4.79 Å². The van der Waals surface area contributed by atoms with Crippen LogP contribution >= 0.6 is 0 Å². The van der Waals surface area contributed by atoms with Crippen molar-refractivity contribution in [3.8, 4) is 5.69 Å². The van der Waals surface area contributed by atoms with E-state index in [1.165, 1.54) is 0 Å². The SMILES string of the molecule is Cc1cc(C)n(-c2ccc(C(C)NC(=O)C3CCC(N)C3)cc2)n1. The highest BCUT2D eigenvalue weighted by Gasteiger charge is 2.28. The maximum Gasteiger partial charge on any atom is 0.223 e. The first-order valence-corrected chi connectivity index (χ1v) is 8.63. The van der Waals surface area contributed by atoms with Crippen molar-refractivity contribution in [1.82, 2.24) is 15.1 Å². The number of hydrogen-bond acceptors (Lipinski definition) is 3. The molecule has 0 spiro atoms. The third-order valence-electron chi connectivity index (χ3n) is 4.85. The predicted molar refractivity (Wildman–Crippen MR) is 94.9 cm³/mol. The van der Waals surface area contributed by atoms with Gasteiger partial charge in [-0.05, 0) is 63.8 Å². The van der Waals surface area contributed by atoms with E-state index in [9.17, 15) is 4.79 Å². The molecule has 1 aliphatic carbocycles. The fraction of sp³-hybridized carbons (Fsp3) is 0.474. The first-order valence-electron chi connectivity index (χ1n) is 8.63. The molecule has 1 amide bonds. The number of rotatable bonds is 4. The summed E-state index contributed by atoms with van der Waals surface area (Å²) in [6.45, 7) is 6.05. The quantitative estimate of drug-likeness (QED) is 0.907. The topological polar surface area (TPSA) is 72.9 Å². The molecule has 5 nitrogen and oxygen atoms in total. The van der Waals surface area contributed by atoms with Crippen LogP contribution in [0.3, 0.4) is 0 Å². The lowest BCUT2D eigenvalue weighted by molar-refractivity contribution is -0.125. The minimum atomic E-state index is -0.0103. The zero-order valence-corrected chi connectivity index (χ0v) is 14.6. The minimum Gasteiger partial charge on any atom is -0.349 e. The Balaban J connectivity index is 1.66. The second-order valence-electron chi connectivity index (χ2n) is 6.93. The summed E-state index contributed by atoms with van der Waals surface area (Å²) in [6.07, 6.45) is 2.65. The van der Waals surface area contributed by atoms with Crippen LogP contribution in [-0.2, 0) is 4.79 Å². The Hall–Kier alpha value is -2.14. The van der Waals surface area contributed by atoms with Crippen molar-refractivity contribution in [1.29, 1.82) is 0 Å². The van der Waals surface area contributed by atoms with Gasteiger partial charge >= 0.3 is 0 Å². The van der Waals surface area contributed by atoms with Crippen LogP contribution in [0.15, 0.2) is 30.3 Å². The van der Waals surface area contributed by atoms with Gasteiger partial charge in [-0.2, -0.15) is 5.10 Å². The second-order valence-corrected chi connectivity index (χ2v) is 6.93. The number of nitrogens with two attached hydrogens (primary N) is 1. The normalized spacial score (nSPS) is 21.7. The van der Waals surface area contributed by atoms with Crippen molar-refractivity contribution < 1.29 is 4.79 Å². The Morgan fingerprint density at radius 1 is 1.29 bits per heavy atom. The van der Waals surface area contributed by atoms with Gasteiger partial charge in [-0.25, -0.2) is 4.68 Å². The number of nitrogens with zero attached hydrogens (tertiary/aromatic N) is 2. The van der Waals surface area contributed by atoms with Gasteiger partial charge in [0.25, 0.3) is 0 Å². The molecule has 0 saturated heterocycles. The number of aryl methyl sites for hydroxylation is 2. The molecule has 1 aromatic heterocycles. The van der Waals surface area contributed by atoms with Gasteiger partial charge in [0.2, 0.25) is 5.91 Å². The zero-order valence-electron chi connectivity index (χ0n) is 14.6. The van der Waals surface area contributed by atoms with Gasteiger partial charge in [0.1, 0.15) is 0 Å². The van der Waals surface area contributed by atoms with Crippen LogP contribution in [0.4, 0.5) is 0 Å². The summed E-state index contributed by atoms with van der Waals surface area (Å²) in [5, 5.41) is 7.61. The highest BCUT2D eigenvalue weighted by molar-refractivity contribution is 5.79. The summed E-state index contributed by atoms with van der Waals surface area (Å²) in [4.78, 5) is 12.3. The second kappa shape index (κ2) is 6.77. The molecule has 24 heavy (non-hydrogen) atoms. The summed E-state index contributed by atoms with van der Waals surface area (Å²) in [5.41, 5.74) is 10.1. The summed E-state index contributed by atoms with van der Waals surface area (Å²) in [6, 6.07) is 10.4. The van der Waals surface area contributed by atoms with Gasteiger partial charge in [-0.15, -0.1) is 0 Å². The van der Waals surface area contributed by atoms with Crippen molar-refractivity contribution in [3.05, 3.63) is 47.3 Å². The number of amides is 1. The summed E-state index contributed by atoms with van der Waals surface area (Å²) >= 11 is 0. The van der Waals surface area contributed by atoms with Crippen LogP contribution in [0.1, 0.15) is 49.2 Å². The third-order valence-corrected chi connectivity index (χ3v) is 4.85. The number of hydrogen-bond donors (Lipinski definition) is 2. The molecule has 1 aliphatic rings. The van der Waals surface area contributed by atoms with E-state index in [1.807, 2.05) is 37.6 Å². The lowest BCUT2D eigenvalue weighted by Crippen LogP contribution is -2.32. The van der Waals surface area contributed by atoms with Crippen LogP contribution in [0, 0.1) is 19.8 Å². The molecule has 5 heteroatoms. The number of carbonyl (C=O) groups excluding carboxylic acids is 1. The van der Waals surface area contributed by atoms with E-state index in [0.717, 1.165) is 41.9 Å². The van der Waals surface area contributed by atoms with Crippen molar-refractivity contribution in [2.75, 3.05) is 0 Å². The number of nitrogens with one attached hydrogen (secondary N) is 1. The van der Waals surface area contributed by atoms with E-state index in [2.05, 4.69) is 28.6 Å². The molecule has 0 radical (unpaired) electrons. The summed E-state index contributed by atoms with van der Waals surface area (Å²) in [7, 11) is 0. The molecule has 0 bridgehead atoms. The Bertz CT molecular complexity index is 719. The molecule has 1 fully saturated rings. The molecule has 3 N–H and O–H groups in total. The maximum atomic E-state index is 12.3. The lowest BCUT2D eigenvalue weighted by Gasteiger charge is -2.18. The Kier molecular flexibility index (Phi) is 4.71. The van der Waals surface area contributed by atoms with E-state index < -0.39 is 0 Å². The van der Waals surface area contributed by atoms with Gasteiger partial charge in [-0.1, -0.05) is 12.1 Å². The molecular weight excluding hydrogens is 300 g/mol. The fourth-order valence-corrected chi connectivity index (χ4v) is 3.46. The van der Waals surface area contributed by atoms with Gasteiger partial charge in [0, 0.05) is 17.7 Å². The van der Waals surface area contributed by atoms with Crippen LogP contribution in [0.5, 0.6) is 0 Å². The summed E-state index contributed by atoms with van der Waals surface area (Å²) in [5.74, 6) is 0.189. The zero-order chi connectivity index (χ0) is 17.3. The number of benzene rings is 1. The first kappa shape index (κ1) is 16.7. The van der Waals surface area contributed by atoms with Crippen LogP contribution in [0.25, 0.3) is 5.69 Å². The fourth-order valence-electron chi connectivity index (χ4n) is 3.46. The highest BCUT2D eigenvalue weighted by Crippen LogP contribution is 2.25. The van der Waals surface area contributed by atoms with Crippen LogP contribution in [-0.4, -0.2) is 21.7 Å². The van der Waals surface area contributed by atoms with E-state index in [0.29, 0.717) is 0 Å². The van der Waals surface area contributed by atoms with Crippen LogP contribution < -0.4 is 11.1 Å². The molecule has 3 unspecified atom stereocenters. The molecule has 3 atom stereocenters. The molecule has 1 aromatic carbocycles. The van der Waals surface area contributed by atoms with Gasteiger partial charge in [0.15, 0.2) is 0 Å². The van der Waals surface area contributed by atoms with E-state index >= 15 is 0 Å². The third kappa shape index (κ3) is 3.51. The Labute approximate surface area is 143 Å². The molecular formula is C19H26N4O. The highest BCUT2D eigenvalue weighted by atomic mass is 16.1. The number of carbonyl (C=O) groups is 1. The average Bonchev–Trinajstić information content (AvgIpc) is 3.13. The van der Waals surface area contributed by atoms with Crippen molar-refractivity contribution in [2.24, 2.45) is 11.7 Å². The monoisotopic (exact) mass is 326 g/mol. The lowest BCUT2D eigenvalue weighted by atomic mass is 10.0. The smallest absolute Gasteiger partial charge is 0.223 e. The largest absolute Gasteiger partial charge is 0.349 e. The van der Waals surface area contributed by atoms with Crippen molar-refractivity contribution in [2.45, 2.75) is 52.1 Å².